The normalized spacial score (nSPS) is 19.6. The van der Waals surface area contributed by atoms with E-state index in [0.29, 0.717) is 24.6 Å². The molecule has 5 heterocycles. The van der Waals surface area contributed by atoms with Crippen molar-refractivity contribution in [3.8, 4) is 0 Å². The standard InChI is InChI=1S/C29H34ClFN6OS/c30-23-17-20(6-7-24(23)31)34-28-27-22-10-16-37(18-25(22)39-29(27)33-19-32-28)26(38)5-4-11-35-14-8-21(9-15-35)36-12-2-1-3-13-36/h4-7,17,19,21H,1-3,8-16,18H2,(H,32,33,34). The molecule has 0 bridgehead atoms. The van der Waals surface area contributed by atoms with Crippen molar-refractivity contribution < 1.29 is 9.18 Å². The zero-order valence-electron chi connectivity index (χ0n) is 22.0. The fourth-order valence-corrected chi connectivity index (χ4v) is 7.46. The molecule has 0 spiro atoms. The van der Waals surface area contributed by atoms with Crippen LogP contribution >= 0.6 is 22.9 Å². The summed E-state index contributed by atoms with van der Waals surface area (Å²) in [6.07, 6.45) is 12.6. The highest BCUT2D eigenvalue weighted by atomic mass is 35.5. The number of hydrogen-bond donors (Lipinski definition) is 1. The molecule has 39 heavy (non-hydrogen) atoms. The smallest absolute Gasteiger partial charge is 0.246 e. The highest BCUT2D eigenvalue weighted by molar-refractivity contribution is 7.19. The zero-order chi connectivity index (χ0) is 26.8. The van der Waals surface area contributed by atoms with Crippen molar-refractivity contribution in [1.82, 2.24) is 24.7 Å². The summed E-state index contributed by atoms with van der Waals surface area (Å²) in [6.45, 7) is 6.81. The van der Waals surface area contributed by atoms with Crippen molar-refractivity contribution in [3.05, 3.63) is 58.0 Å². The van der Waals surface area contributed by atoms with Crippen LogP contribution in [0.5, 0.6) is 0 Å². The van der Waals surface area contributed by atoms with Gasteiger partial charge in [-0.15, -0.1) is 11.3 Å². The minimum absolute atomic E-state index is 0.0572. The number of benzene rings is 1. The molecule has 206 valence electrons. The maximum absolute atomic E-state index is 13.6. The summed E-state index contributed by atoms with van der Waals surface area (Å²) < 4.78 is 13.6. The number of carbonyl (C=O) groups excluding carboxylic acids is 1. The van der Waals surface area contributed by atoms with Crippen molar-refractivity contribution in [2.75, 3.05) is 44.6 Å². The lowest BCUT2D eigenvalue weighted by Gasteiger charge is -2.40. The molecule has 1 amide bonds. The monoisotopic (exact) mass is 568 g/mol. The van der Waals surface area contributed by atoms with Gasteiger partial charge in [-0.2, -0.15) is 0 Å². The third kappa shape index (κ3) is 5.96. The number of likely N-dealkylation sites (tertiary alicyclic amines) is 2. The number of nitrogens with one attached hydrogen (secondary N) is 1. The quantitative estimate of drug-likeness (QED) is 0.390. The molecule has 0 saturated carbocycles. The predicted octanol–water partition coefficient (Wildman–Crippen LogP) is 5.62. The van der Waals surface area contributed by atoms with Gasteiger partial charge < -0.3 is 15.1 Å². The molecule has 3 aliphatic rings. The highest BCUT2D eigenvalue weighted by Crippen LogP contribution is 2.38. The van der Waals surface area contributed by atoms with Gasteiger partial charge in [0.15, 0.2) is 0 Å². The zero-order valence-corrected chi connectivity index (χ0v) is 23.6. The molecule has 6 rings (SSSR count). The van der Waals surface area contributed by atoms with E-state index in [-0.39, 0.29) is 10.9 Å². The number of halogens is 2. The molecule has 2 saturated heterocycles. The van der Waals surface area contributed by atoms with Gasteiger partial charge in [-0.25, -0.2) is 14.4 Å². The van der Waals surface area contributed by atoms with Crippen LogP contribution in [0.15, 0.2) is 36.7 Å². The average molecular weight is 569 g/mol. The molecular formula is C29H34ClFN6OS. The van der Waals surface area contributed by atoms with Crippen LogP contribution in [0.2, 0.25) is 5.02 Å². The maximum atomic E-state index is 13.6. The van der Waals surface area contributed by atoms with E-state index in [1.807, 2.05) is 11.0 Å². The summed E-state index contributed by atoms with van der Waals surface area (Å²) in [6, 6.07) is 5.26. The molecule has 3 aromatic rings. The number of rotatable bonds is 6. The van der Waals surface area contributed by atoms with Crippen LogP contribution in [0.1, 0.15) is 42.5 Å². The third-order valence-electron chi connectivity index (χ3n) is 8.22. The number of amides is 1. The summed E-state index contributed by atoms with van der Waals surface area (Å²) in [7, 11) is 0. The molecule has 1 aromatic carbocycles. The second kappa shape index (κ2) is 11.9. The first kappa shape index (κ1) is 26.6. The number of anilines is 2. The van der Waals surface area contributed by atoms with E-state index in [9.17, 15) is 9.18 Å². The molecule has 1 N–H and O–H groups in total. The Balaban J connectivity index is 1.06. The Bertz CT molecular complexity index is 1370. The van der Waals surface area contributed by atoms with Crippen LogP contribution in [-0.4, -0.2) is 75.9 Å². The molecule has 0 aliphatic carbocycles. The molecule has 0 unspecified atom stereocenters. The van der Waals surface area contributed by atoms with Gasteiger partial charge >= 0.3 is 0 Å². The third-order valence-corrected chi connectivity index (χ3v) is 9.63. The minimum Gasteiger partial charge on any atom is -0.340 e. The van der Waals surface area contributed by atoms with Gasteiger partial charge in [0.25, 0.3) is 0 Å². The molecule has 0 atom stereocenters. The topological polar surface area (TPSA) is 64.6 Å². The van der Waals surface area contributed by atoms with Crippen LogP contribution in [0, 0.1) is 5.82 Å². The Kier molecular flexibility index (Phi) is 8.11. The first-order chi connectivity index (χ1) is 19.0. The Morgan fingerprint density at radius 2 is 1.95 bits per heavy atom. The van der Waals surface area contributed by atoms with E-state index >= 15 is 0 Å². The average Bonchev–Trinajstić information content (AvgIpc) is 3.35. The Morgan fingerprint density at radius 1 is 1.13 bits per heavy atom. The van der Waals surface area contributed by atoms with Crippen molar-refractivity contribution in [2.24, 2.45) is 0 Å². The highest BCUT2D eigenvalue weighted by Gasteiger charge is 2.27. The van der Waals surface area contributed by atoms with Crippen LogP contribution in [0.3, 0.4) is 0 Å². The lowest BCUT2D eigenvalue weighted by atomic mass is 10.00. The lowest BCUT2D eigenvalue weighted by Crippen LogP contribution is -2.46. The van der Waals surface area contributed by atoms with Crippen molar-refractivity contribution >= 4 is 50.6 Å². The van der Waals surface area contributed by atoms with E-state index < -0.39 is 5.82 Å². The van der Waals surface area contributed by atoms with Crippen LogP contribution in [0.4, 0.5) is 15.9 Å². The summed E-state index contributed by atoms with van der Waals surface area (Å²) in [4.78, 5) is 31.1. The molecule has 2 fully saturated rings. The summed E-state index contributed by atoms with van der Waals surface area (Å²) >= 11 is 7.56. The number of carbonyl (C=O) groups is 1. The summed E-state index contributed by atoms with van der Waals surface area (Å²) in [5, 5.41) is 4.29. The number of hydrogen-bond acceptors (Lipinski definition) is 7. The molecule has 7 nitrogen and oxygen atoms in total. The van der Waals surface area contributed by atoms with Gasteiger partial charge in [0.05, 0.1) is 17.0 Å². The summed E-state index contributed by atoms with van der Waals surface area (Å²) in [5.41, 5.74) is 1.84. The first-order valence-electron chi connectivity index (χ1n) is 13.9. The molecular weight excluding hydrogens is 535 g/mol. The number of thiophene rings is 1. The van der Waals surface area contributed by atoms with E-state index in [1.165, 1.54) is 63.2 Å². The van der Waals surface area contributed by atoms with Crippen LogP contribution < -0.4 is 5.32 Å². The van der Waals surface area contributed by atoms with Gasteiger partial charge in [-0.1, -0.05) is 24.1 Å². The minimum atomic E-state index is -0.459. The summed E-state index contributed by atoms with van der Waals surface area (Å²) in [5.74, 6) is 0.273. The maximum Gasteiger partial charge on any atom is 0.246 e. The largest absolute Gasteiger partial charge is 0.340 e. The van der Waals surface area contributed by atoms with Crippen LogP contribution in [-0.2, 0) is 17.8 Å². The molecule has 0 radical (unpaired) electrons. The lowest BCUT2D eigenvalue weighted by molar-refractivity contribution is -0.126. The first-order valence-corrected chi connectivity index (χ1v) is 15.1. The SMILES string of the molecule is O=C(C=CCN1CCC(N2CCCCC2)CC1)N1CCc2c(sc3ncnc(Nc4ccc(F)c(Cl)c4)c23)C1. The number of nitrogens with zero attached hydrogens (tertiary/aromatic N) is 5. The fourth-order valence-electron chi connectivity index (χ4n) is 6.08. The Hall–Kier alpha value is -2.59. The Morgan fingerprint density at radius 3 is 2.74 bits per heavy atom. The van der Waals surface area contributed by atoms with Crippen molar-refractivity contribution in [2.45, 2.75) is 51.1 Å². The van der Waals surface area contributed by atoms with E-state index in [0.717, 1.165) is 47.2 Å². The van der Waals surface area contributed by atoms with E-state index in [2.05, 4.69) is 25.1 Å². The van der Waals surface area contributed by atoms with E-state index in [4.69, 9.17) is 11.6 Å². The second-order valence-corrected chi connectivity index (χ2v) is 12.2. The van der Waals surface area contributed by atoms with Crippen molar-refractivity contribution in [1.29, 1.82) is 0 Å². The van der Waals surface area contributed by atoms with Gasteiger partial charge in [0.1, 0.15) is 22.8 Å². The van der Waals surface area contributed by atoms with Crippen molar-refractivity contribution in [3.63, 3.8) is 0 Å². The van der Waals surface area contributed by atoms with Crippen LogP contribution in [0.25, 0.3) is 10.2 Å². The number of fused-ring (bicyclic) bond motifs is 3. The van der Waals surface area contributed by atoms with Gasteiger partial charge in [0.2, 0.25) is 5.91 Å². The molecule has 3 aliphatic heterocycles. The number of aromatic nitrogens is 2. The predicted molar refractivity (Wildman–Crippen MR) is 155 cm³/mol. The Labute approximate surface area is 237 Å². The van der Waals surface area contributed by atoms with Gasteiger partial charge in [-0.05, 0) is 82.0 Å². The van der Waals surface area contributed by atoms with E-state index in [1.54, 1.807) is 29.5 Å². The van der Waals surface area contributed by atoms with Gasteiger partial charge in [0, 0.05) is 35.8 Å². The molecule has 2 aromatic heterocycles. The number of piperidine rings is 2. The second-order valence-electron chi connectivity index (χ2n) is 10.7. The molecule has 10 heteroatoms. The van der Waals surface area contributed by atoms with Gasteiger partial charge in [-0.3, -0.25) is 9.69 Å². The fraction of sp³-hybridized carbons (Fsp3) is 0.483.